The van der Waals surface area contributed by atoms with E-state index in [2.05, 4.69) is 77.9 Å². The van der Waals surface area contributed by atoms with E-state index in [0.29, 0.717) is 0 Å². The molecule has 3 aromatic rings. The Kier molecular flexibility index (Phi) is 4.03. The van der Waals surface area contributed by atoms with Gasteiger partial charge in [0.2, 0.25) is 0 Å². The Balaban J connectivity index is 2.03. The SMILES string of the molecule is CN(C)CCCN(C)c1nccc2c3ccccc3n(C)c12. The molecule has 2 aromatic heterocycles. The number of nitrogens with zero attached hydrogens (tertiary/aromatic N) is 4. The molecule has 4 nitrogen and oxygen atoms in total. The van der Waals surface area contributed by atoms with Crippen LogP contribution in [0.15, 0.2) is 36.5 Å². The third-order valence-electron chi connectivity index (χ3n) is 4.26. The number of anilines is 1. The lowest BCUT2D eigenvalue weighted by molar-refractivity contribution is 0.401. The number of hydrogen-bond donors (Lipinski definition) is 0. The lowest BCUT2D eigenvalue weighted by Gasteiger charge is -2.20. The van der Waals surface area contributed by atoms with Crippen molar-refractivity contribution < 1.29 is 0 Å². The molecule has 22 heavy (non-hydrogen) atoms. The average Bonchev–Trinajstić information content (AvgIpc) is 2.81. The fourth-order valence-corrected chi connectivity index (χ4v) is 3.11. The number of fused-ring (bicyclic) bond motifs is 3. The fraction of sp³-hybridized carbons (Fsp3) is 0.389. The van der Waals surface area contributed by atoms with Crippen LogP contribution in [-0.2, 0) is 7.05 Å². The minimum Gasteiger partial charge on any atom is -0.358 e. The van der Waals surface area contributed by atoms with Crippen molar-refractivity contribution in [1.82, 2.24) is 14.5 Å². The predicted octanol–water partition coefficient (Wildman–Crippen LogP) is 3.11. The highest BCUT2D eigenvalue weighted by molar-refractivity contribution is 6.11. The van der Waals surface area contributed by atoms with E-state index >= 15 is 0 Å². The molecule has 4 heteroatoms. The zero-order valence-corrected chi connectivity index (χ0v) is 13.9. The number of pyridine rings is 1. The third-order valence-corrected chi connectivity index (χ3v) is 4.26. The first-order chi connectivity index (χ1) is 10.6. The van der Waals surface area contributed by atoms with E-state index in [4.69, 9.17) is 0 Å². The topological polar surface area (TPSA) is 24.3 Å². The molecule has 0 bridgehead atoms. The van der Waals surface area contributed by atoms with Crippen LogP contribution in [0.2, 0.25) is 0 Å². The van der Waals surface area contributed by atoms with Crippen molar-refractivity contribution in [3.05, 3.63) is 36.5 Å². The van der Waals surface area contributed by atoms with Crippen molar-refractivity contribution in [2.24, 2.45) is 7.05 Å². The van der Waals surface area contributed by atoms with Crippen molar-refractivity contribution in [3.63, 3.8) is 0 Å². The van der Waals surface area contributed by atoms with Gasteiger partial charge in [-0.05, 0) is 39.2 Å². The summed E-state index contributed by atoms with van der Waals surface area (Å²) in [5.74, 6) is 1.06. The number of rotatable bonds is 5. The molecule has 3 rings (SSSR count). The highest BCUT2D eigenvalue weighted by atomic mass is 15.2. The summed E-state index contributed by atoms with van der Waals surface area (Å²) in [4.78, 5) is 9.14. The number of aryl methyl sites for hydroxylation is 1. The molecule has 0 N–H and O–H groups in total. The number of benzene rings is 1. The predicted molar refractivity (Wildman–Crippen MR) is 94.7 cm³/mol. The molecule has 0 saturated carbocycles. The summed E-state index contributed by atoms with van der Waals surface area (Å²) in [6, 6.07) is 10.7. The van der Waals surface area contributed by atoms with Gasteiger partial charge in [0.15, 0.2) is 5.82 Å². The van der Waals surface area contributed by atoms with Gasteiger partial charge >= 0.3 is 0 Å². The summed E-state index contributed by atoms with van der Waals surface area (Å²) in [5, 5.41) is 2.58. The highest BCUT2D eigenvalue weighted by Crippen LogP contribution is 2.32. The van der Waals surface area contributed by atoms with Crippen molar-refractivity contribution in [1.29, 1.82) is 0 Å². The van der Waals surface area contributed by atoms with Crippen LogP contribution in [-0.4, -0.2) is 48.7 Å². The minimum absolute atomic E-state index is 1.01. The summed E-state index contributed by atoms with van der Waals surface area (Å²) in [7, 11) is 8.49. The molecule has 0 radical (unpaired) electrons. The first-order valence-electron chi connectivity index (χ1n) is 7.77. The second-order valence-electron chi connectivity index (χ2n) is 6.19. The van der Waals surface area contributed by atoms with Crippen LogP contribution in [0.1, 0.15) is 6.42 Å². The van der Waals surface area contributed by atoms with Gasteiger partial charge in [-0.15, -0.1) is 0 Å². The summed E-state index contributed by atoms with van der Waals surface area (Å²) < 4.78 is 2.26. The molecule has 0 spiro atoms. The maximum absolute atomic E-state index is 4.65. The van der Waals surface area contributed by atoms with Gasteiger partial charge in [-0.2, -0.15) is 0 Å². The maximum atomic E-state index is 4.65. The van der Waals surface area contributed by atoms with Crippen LogP contribution in [0.5, 0.6) is 0 Å². The molecule has 2 heterocycles. The summed E-state index contributed by atoms with van der Waals surface area (Å²) >= 11 is 0. The van der Waals surface area contributed by atoms with Gasteiger partial charge in [-0.1, -0.05) is 18.2 Å². The van der Waals surface area contributed by atoms with Gasteiger partial charge in [-0.3, -0.25) is 0 Å². The van der Waals surface area contributed by atoms with Gasteiger partial charge in [0.25, 0.3) is 0 Å². The van der Waals surface area contributed by atoms with Crippen LogP contribution in [0, 0.1) is 0 Å². The Morgan fingerprint density at radius 1 is 1.00 bits per heavy atom. The van der Waals surface area contributed by atoms with E-state index in [-0.39, 0.29) is 0 Å². The van der Waals surface area contributed by atoms with E-state index in [0.717, 1.165) is 25.3 Å². The largest absolute Gasteiger partial charge is 0.358 e. The molecule has 0 aliphatic carbocycles. The number of para-hydroxylation sites is 1. The summed E-state index contributed by atoms with van der Waals surface area (Å²) in [6.45, 7) is 2.10. The van der Waals surface area contributed by atoms with Crippen molar-refractivity contribution in [2.75, 3.05) is 39.1 Å². The van der Waals surface area contributed by atoms with Crippen molar-refractivity contribution in [2.45, 2.75) is 6.42 Å². The molecule has 0 unspecified atom stereocenters. The molecule has 1 aromatic carbocycles. The molecule has 0 fully saturated rings. The molecule has 0 aliphatic rings. The smallest absolute Gasteiger partial charge is 0.152 e. The average molecular weight is 296 g/mol. The van der Waals surface area contributed by atoms with E-state index in [1.54, 1.807) is 0 Å². The summed E-state index contributed by atoms with van der Waals surface area (Å²) in [6.07, 6.45) is 3.05. The van der Waals surface area contributed by atoms with Crippen LogP contribution in [0.3, 0.4) is 0 Å². The lowest BCUT2D eigenvalue weighted by Crippen LogP contribution is -2.24. The highest BCUT2D eigenvalue weighted by Gasteiger charge is 2.14. The molecule has 116 valence electrons. The zero-order valence-electron chi connectivity index (χ0n) is 13.9. The van der Waals surface area contributed by atoms with Crippen molar-refractivity contribution in [3.8, 4) is 0 Å². The standard InChI is InChI=1S/C18H24N4/c1-20(2)12-7-13-21(3)18-17-15(10-11-19-18)14-8-5-6-9-16(14)22(17)4/h5-6,8-11H,7,12-13H2,1-4H3. The monoisotopic (exact) mass is 296 g/mol. The Bertz CT molecular complexity index is 788. The normalized spacial score (nSPS) is 11.7. The first kappa shape index (κ1) is 14.9. The zero-order chi connectivity index (χ0) is 15.7. The van der Waals surface area contributed by atoms with Crippen molar-refractivity contribution >= 4 is 27.6 Å². The van der Waals surface area contributed by atoms with E-state index in [1.807, 2.05) is 6.20 Å². The molecule has 0 atom stereocenters. The van der Waals surface area contributed by atoms with Crippen LogP contribution >= 0.6 is 0 Å². The Morgan fingerprint density at radius 2 is 1.77 bits per heavy atom. The molecule has 0 amide bonds. The maximum Gasteiger partial charge on any atom is 0.152 e. The Morgan fingerprint density at radius 3 is 2.55 bits per heavy atom. The van der Waals surface area contributed by atoms with Gasteiger partial charge in [0.05, 0.1) is 5.52 Å². The Hall–Kier alpha value is -2.07. The molecular formula is C18H24N4. The lowest BCUT2D eigenvalue weighted by atomic mass is 10.2. The fourth-order valence-electron chi connectivity index (χ4n) is 3.11. The van der Waals surface area contributed by atoms with Gasteiger partial charge in [-0.25, -0.2) is 4.98 Å². The van der Waals surface area contributed by atoms with Crippen LogP contribution < -0.4 is 4.90 Å². The minimum atomic E-state index is 1.01. The number of hydrogen-bond acceptors (Lipinski definition) is 3. The molecule has 0 saturated heterocycles. The first-order valence-corrected chi connectivity index (χ1v) is 7.77. The van der Waals surface area contributed by atoms with E-state index in [9.17, 15) is 0 Å². The van der Waals surface area contributed by atoms with E-state index in [1.165, 1.54) is 21.8 Å². The van der Waals surface area contributed by atoms with E-state index < -0.39 is 0 Å². The van der Waals surface area contributed by atoms with Crippen LogP contribution in [0.4, 0.5) is 5.82 Å². The third kappa shape index (κ3) is 2.55. The second-order valence-corrected chi connectivity index (χ2v) is 6.19. The Labute approximate surface area is 132 Å². The van der Waals surface area contributed by atoms with Crippen LogP contribution in [0.25, 0.3) is 21.8 Å². The quantitative estimate of drug-likeness (QED) is 0.723. The molecule has 0 aliphatic heterocycles. The second kappa shape index (κ2) is 5.97. The van der Waals surface area contributed by atoms with Gasteiger partial charge < -0.3 is 14.4 Å². The van der Waals surface area contributed by atoms with Gasteiger partial charge in [0.1, 0.15) is 0 Å². The number of aromatic nitrogens is 2. The van der Waals surface area contributed by atoms with Gasteiger partial charge in [0, 0.05) is 43.1 Å². The summed E-state index contributed by atoms with van der Waals surface area (Å²) in [5.41, 5.74) is 2.48. The molecular weight excluding hydrogens is 272 g/mol.